The van der Waals surface area contributed by atoms with Gasteiger partial charge in [-0.15, -0.1) is 0 Å². The molecule has 3 heteroatoms. The van der Waals surface area contributed by atoms with Crippen molar-refractivity contribution in [2.45, 2.75) is 39.7 Å². The van der Waals surface area contributed by atoms with E-state index < -0.39 is 0 Å². The second kappa shape index (κ2) is 6.16. The first kappa shape index (κ1) is 12.6. The number of benzene rings is 1. The fourth-order valence-corrected chi connectivity index (χ4v) is 1.58. The zero-order valence-electron chi connectivity index (χ0n) is 10.2. The zero-order chi connectivity index (χ0) is 12.0. The van der Waals surface area contributed by atoms with Crippen LogP contribution in [0.1, 0.15) is 33.6 Å². The number of nitrogens with one attached hydrogen (secondary N) is 2. The highest BCUT2D eigenvalue weighted by molar-refractivity contribution is 5.88. The maximum Gasteiger partial charge on any atom is 0.221 e. The van der Waals surface area contributed by atoms with Crippen molar-refractivity contribution >= 4 is 17.3 Å². The van der Waals surface area contributed by atoms with Crippen molar-refractivity contribution in [3.8, 4) is 0 Å². The lowest BCUT2D eigenvalue weighted by Gasteiger charge is -2.16. The Hall–Kier alpha value is -1.51. The van der Waals surface area contributed by atoms with Gasteiger partial charge in [0.05, 0.1) is 0 Å². The molecule has 3 nitrogen and oxygen atoms in total. The Labute approximate surface area is 97.2 Å². The highest BCUT2D eigenvalue weighted by Crippen LogP contribution is 2.15. The van der Waals surface area contributed by atoms with Gasteiger partial charge in [-0.25, -0.2) is 0 Å². The van der Waals surface area contributed by atoms with E-state index in [-0.39, 0.29) is 5.91 Å². The summed E-state index contributed by atoms with van der Waals surface area (Å²) in [5.74, 6) is -0.0410. The third kappa shape index (κ3) is 3.93. The van der Waals surface area contributed by atoms with Gasteiger partial charge in [-0.3, -0.25) is 4.79 Å². The van der Waals surface area contributed by atoms with E-state index in [0.29, 0.717) is 6.04 Å². The lowest BCUT2D eigenvalue weighted by Crippen LogP contribution is -2.16. The summed E-state index contributed by atoms with van der Waals surface area (Å²) in [5, 5.41) is 6.19. The zero-order valence-corrected chi connectivity index (χ0v) is 10.2. The number of amides is 1. The largest absolute Gasteiger partial charge is 0.382 e. The summed E-state index contributed by atoms with van der Waals surface area (Å²) in [4.78, 5) is 10.8. The minimum atomic E-state index is -0.0410. The number of carbonyl (C=O) groups excluding carboxylic acids is 1. The van der Waals surface area contributed by atoms with Gasteiger partial charge in [0.25, 0.3) is 0 Å². The molecule has 1 rings (SSSR count). The normalized spacial score (nSPS) is 10.2. The molecule has 0 saturated heterocycles. The molecular formula is C13H20N2O. The molecule has 1 amide bonds. The first-order valence-electron chi connectivity index (χ1n) is 5.79. The van der Waals surface area contributed by atoms with Crippen LogP contribution in [0.5, 0.6) is 0 Å². The van der Waals surface area contributed by atoms with Gasteiger partial charge < -0.3 is 10.6 Å². The summed E-state index contributed by atoms with van der Waals surface area (Å²) in [7, 11) is 0. The van der Waals surface area contributed by atoms with E-state index in [2.05, 4.69) is 24.5 Å². The number of rotatable bonds is 5. The van der Waals surface area contributed by atoms with Crippen LogP contribution in [0.4, 0.5) is 11.4 Å². The molecule has 0 unspecified atom stereocenters. The Morgan fingerprint density at radius 3 is 2.06 bits per heavy atom. The molecule has 1 aromatic carbocycles. The van der Waals surface area contributed by atoms with Crippen LogP contribution >= 0.6 is 0 Å². The molecule has 0 aliphatic carbocycles. The lowest BCUT2D eigenvalue weighted by molar-refractivity contribution is -0.114. The molecule has 0 radical (unpaired) electrons. The Kier molecular flexibility index (Phi) is 4.83. The molecule has 0 saturated carbocycles. The van der Waals surface area contributed by atoms with Crippen molar-refractivity contribution < 1.29 is 4.79 Å². The molecule has 0 fully saturated rings. The Bertz CT molecular complexity index is 328. The molecule has 1 aromatic rings. The smallest absolute Gasteiger partial charge is 0.221 e. The first-order valence-corrected chi connectivity index (χ1v) is 5.79. The monoisotopic (exact) mass is 220 g/mol. The third-order valence-corrected chi connectivity index (χ3v) is 2.56. The Morgan fingerprint density at radius 2 is 1.62 bits per heavy atom. The van der Waals surface area contributed by atoms with Crippen LogP contribution in [-0.4, -0.2) is 11.9 Å². The van der Waals surface area contributed by atoms with Crippen molar-refractivity contribution in [1.29, 1.82) is 0 Å². The molecule has 0 aliphatic heterocycles. The molecule has 0 spiro atoms. The van der Waals surface area contributed by atoms with E-state index in [9.17, 15) is 4.79 Å². The van der Waals surface area contributed by atoms with E-state index in [1.807, 2.05) is 24.3 Å². The van der Waals surface area contributed by atoms with E-state index >= 15 is 0 Å². The molecule has 0 aromatic heterocycles. The fraction of sp³-hybridized carbons (Fsp3) is 0.462. The van der Waals surface area contributed by atoms with Gasteiger partial charge in [0, 0.05) is 24.3 Å². The van der Waals surface area contributed by atoms with Crippen LogP contribution in [0.25, 0.3) is 0 Å². The standard InChI is InChI=1S/C13H20N2O/c1-4-11(5-2)15-13-8-6-12(7-9-13)14-10(3)16/h6-9,11,15H,4-5H2,1-3H3,(H,14,16). The SMILES string of the molecule is CCC(CC)Nc1ccc(NC(C)=O)cc1. The molecule has 2 N–H and O–H groups in total. The summed E-state index contributed by atoms with van der Waals surface area (Å²) < 4.78 is 0. The van der Waals surface area contributed by atoms with Crippen molar-refractivity contribution in [2.24, 2.45) is 0 Å². The minimum Gasteiger partial charge on any atom is -0.382 e. The van der Waals surface area contributed by atoms with Gasteiger partial charge in [0.1, 0.15) is 0 Å². The summed E-state index contributed by atoms with van der Waals surface area (Å²) in [6.07, 6.45) is 2.23. The van der Waals surface area contributed by atoms with Gasteiger partial charge in [0.15, 0.2) is 0 Å². The summed E-state index contributed by atoms with van der Waals surface area (Å²) in [6.45, 7) is 5.86. The first-order chi connectivity index (χ1) is 7.65. The third-order valence-electron chi connectivity index (χ3n) is 2.56. The van der Waals surface area contributed by atoms with E-state index in [4.69, 9.17) is 0 Å². The predicted octanol–water partition coefficient (Wildman–Crippen LogP) is 3.25. The molecular weight excluding hydrogens is 200 g/mol. The van der Waals surface area contributed by atoms with Gasteiger partial charge >= 0.3 is 0 Å². The Balaban J connectivity index is 2.60. The predicted molar refractivity (Wildman–Crippen MR) is 68.7 cm³/mol. The van der Waals surface area contributed by atoms with E-state index in [1.54, 1.807) is 0 Å². The van der Waals surface area contributed by atoms with Gasteiger partial charge in [-0.2, -0.15) is 0 Å². The summed E-state index contributed by atoms with van der Waals surface area (Å²) in [5.41, 5.74) is 1.94. The summed E-state index contributed by atoms with van der Waals surface area (Å²) >= 11 is 0. The van der Waals surface area contributed by atoms with Crippen LogP contribution in [0.2, 0.25) is 0 Å². The number of hydrogen-bond donors (Lipinski definition) is 2. The molecule has 0 heterocycles. The van der Waals surface area contributed by atoms with Crippen molar-refractivity contribution in [3.05, 3.63) is 24.3 Å². The van der Waals surface area contributed by atoms with Gasteiger partial charge in [0.2, 0.25) is 5.91 Å². The van der Waals surface area contributed by atoms with Gasteiger partial charge in [-0.05, 0) is 37.1 Å². The second-order valence-electron chi connectivity index (χ2n) is 3.92. The van der Waals surface area contributed by atoms with E-state index in [1.165, 1.54) is 6.92 Å². The van der Waals surface area contributed by atoms with Crippen molar-refractivity contribution in [3.63, 3.8) is 0 Å². The lowest BCUT2D eigenvalue weighted by atomic mass is 10.1. The average Bonchev–Trinajstić information content (AvgIpc) is 2.27. The van der Waals surface area contributed by atoms with Crippen LogP contribution in [0.3, 0.4) is 0 Å². The molecule has 16 heavy (non-hydrogen) atoms. The molecule has 0 aliphatic rings. The quantitative estimate of drug-likeness (QED) is 0.799. The van der Waals surface area contributed by atoms with Gasteiger partial charge in [-0.1, -0.05) is 13.8 Å². The van der Waals surface area contributed by atoms with Crippen LogP contribution < -0.4 is 10.6 Å². The molecule has 88 valence electrons. The number of carbonyl (C=O) groups is 1. The minimum absolute atomic E-state index is 0.0410. The maximum absolute atomic E-state index is 10.8. The molecule has 0 atom stereocenters. The second-order valence-corrected chi connectivity index (χ2v) is 3.92. The van der Waals surface area contributed by atoms with Crippen molar-refractivity contribution in [2.75, 3.05) is 10.6 Å². The molecule has 0 bridgehead atoms. The number of anilines is 2. The van der Waals surface area contributed by atoms with Crippen LogP contribution in [0.15, 0.2) is 24.3 Å². The topological polar surface area (TPSA) is 41.1 Å². The van der Waals surface area contributed by atoms with Crippen LogP contribution in [0, 0.1) is 0 Å². The average molecular weight is 220 g/mol. The number of hydrogen-bond acceptors (Lipinski definition) is 2. The van der Waals surface area contributed by atoms with Crippen LogP contribution in [-0.2, 0) is 4.79 Å². The maximum atomic E-state index is 10.8. The fourth-order valence-electron chi connectivity index (χ4n) is 1.58. The van der Waals surface area contributed by atoms with Crippen molar-refractivity contribution in [1.82, 2.24) is 0 Å². The van der Waals surface area contributed by atoms with E-state index in [0.717, 1.165) is 24.2 Å². The Morgan fingerprint density at radius 1 is 1.12 bits per heavy atom. The highest BCUT2D eigenvalue weighted by Gasteiger charge is 2.02. The highest BCUT2D eigenvalue weighted by atomic mass is 16.1. The summed E-state index contributed by atoms with van der Waals surface area (Å²) in [6, 6.07) is 8.32.